The zero-order valence-corrected chi connectivity index (χ0v) is 24.3. The van der Waals surface area contributed by atoms with Gasteiger partial charge in [0.1, 0.15) is 27.6 Å². The number of hydrogen-bond donors (Lipinski definition) is 2. The van der Waals surface area contributed by atoms with E-state index in [1.165, 1.54) is 11.3 Å². The normalized spacial score (nSPS) is 22.6. The molecule has 39 heavy (non-hydrogen) atoms. The first-order valence-corrected chi connectivity index (χ1v) is 14.5. The molecule has 11 heteroatoms. The zero-order valence-electron chi connectivity index (χ0n) is 23.4. The van der Waals surface area contributed by atoms with Crippen molar-refractivity contribution in [3.63, 3.8) is 0 Å². The third-order valence-corrected chi connectivity index (χ3v) is 7.51. The Morgan fingerprint density at radius 1 is 1.15 bits per heavy atom. The van der Waals surface area contributed by atoms with Gasteiger partial charge in [0.2, 0.25) is 0 Å². The average Bonchev–Trinajstić information content (AvgIpc) is 3.24. The number of piperidine rings is 1. The number of ether oxygens (including phenoxy) is 2. The lowest BCUT2D eigenvalue weighted by Crippen LogP contribution is -2.47. The van der Waals surface area contributed by atoms with Crippen molar-refractivity contribution >= 4 is 44.5 Å². The minimum atomic E-state index is -0.515. The molecule has 2 saturated heterocycles. The lowest BCUT2D eigenvalue weighted by atomic mass is 10.1. The molecule has 5 rings (SSSR count). The highest BCUT2D eigenvalue weighted by Crippen LogP contribution is 2.28. The van der Waals surface area contributed by atoms with Crippen LogP contribution in [0.5, 0.6) is 0 Å². The van der Waals surface area contributed by atoms with E-state index in [0.29, 0.717) is 13.1 Å². The van der Waals surface area contributed by atoms with Crippen LogP contribution in [0.4, 0.5) is 21.6 Å². The number of thiazole rings is 1. The molecule has 10 nitrogen and oxygen atoms in total. The fourth-order valence-electron chi connectivity index (χ4n) is 5.22. The Balaban J connectivity index is 1.35. The number of rotatable bonds is 6. The largest absolute Gasteiger partial charge is 0.444 e. The Bertz CT molecular complexity index is 1250. The first-order valence-electron chi connectivity index (χ1n) is 13.7. The molecule has 3 aromatic heterocycles. The van der Waals surface area contributed by atoms with Crippen LogP contribution in [0.1, 0.15) is 53.0 Å². The molecule has 210 valence electrons. The highest BCUT2D eigenvalue weighted by atomic mass is 32.1. The molecule has 0 spiro atoms. The van der Waals surface area contributed by atoms with Crippen LogP contribution in [0.25, 0.3) is 10.3 Å². The van der Waals surface area contributed by atoms with Gasteiger partial charge in [-0.25, -0.2) is 19.7 Å². The van der Waals surface area contributed by atoms with Crippen LogP contribution in [-0.4, -0.2) is 80.9 Å². The number of nitrogens with zero attached hydrogens (tertiary/aromatic N) is 5. The molecule has 5 heterocycles. The van der Waals surface area contributed by atoms with Gasteiger partial charge in [-0.3, -0.25) is 4.90 Å². The van der Waals surface area contributed by atoms with Gasteiger partial charge in [-0.05, 0) is 77.3 Å². The molecule has 2 fully saturated rings. The Morgan fingerprint density at radius 3 is 2.67 bits per heavy atom. The molecular formula is C28H39N7O3S. The van der Waals surface area contributed by atoms with E-state index in [1.54, 1.807) is 11.1 Å². The summed E-state index contributed by atoms with van der Waals surface area (Å²) >= 11 is 1.50. The predicted molar refractivity (Wildman–Crippen MR) is 155 cm³/mol. The Kier molecular flexibility index (Phi) is 8.20. The van der Waals surface area contributed by atoms with Crippen LogP contribution in [0, 0.1) is 0 Å². The zero-order chi connectivity index (χ0) is 27.6. The highest BCUT2D eigenvalue weighted by molar-refractivity contribution is 7.21. The number of amides is 1. The summed E-state index contributed by atoms with van der Waals surface area (Å²) in [5, 5.41) is 7.76. The molecule has 1 amide bonds. The first kappa shape index (κ1) is 27.5. The summed E-state index contributed by atoms with van der Waals surface area (Å²) in [5.74, 6) is 1.50. The number of anilines is 3. The van der Waals surface area contributed by atoms with Crippen molar-refractivity contribution in [2.45, 2.75) is 77.9 Å². The van der Waals surface area contributed by atoms with E-state index < -0.39 is 5.60 Å². The SMILES string of the molecule is CC1CN(Cc2cc(Nc3nc4cccnc4s3)nc(NC3CCCN(C(=O)OC(C)(C)C)C3)c2)CC(C)O1. The maximum Gasteiger partial charge on any atom is 0.410 e. The van der Waals surface area contributed by atoms with Gasteiger partial charge in [-0.15, -0.1) is 0 Å². The summed E-state index contributed by atoms with van der Waals surface area (Å²) < 4.78 is 11.5. The molecule has 2 aliphatic heterocycles. The van der Waals surface area contributed by atoms with Crippen molar-refractivity contribution < 1.29 is 14.3 Å². The molecule has 0 aliphatic carbocycles. The van der Waals surface area contributed by atoms with Gasteiger partial charge in [-0.2, -0.15) is 0 Å². The van der Waals surface area contributed by atoms with Gasteiger partial charge in [0.15, 0.2) is 5.13 Å². The number of nitrogens with one attached hydrogen (secondary N) is 2. The van der Waals surface area contributed by atoms with Crippen LogP contribution >= 0.6 is 11.3 Å². The predicted octanol–water partition coefficient (Wildman–Crippen LogP) is 5.25. The molecule has 0 saturated carbocycles. The summed E-state index contributed by atoms with van der Waals surface area (Å²) in [6, 6.07) is 8.13. The lowest BCUT2D eigenvalue weighted by Gasteiger charge is -2.35. The average molecular weight is 554 g/mol. The van der Waals surface area contributed by atoms with E-state index in [4.69, 9.17) is 14.5 Å². The van der Waals surface area contributed by atoms with E-state index in [0.717, 1.165) is 65.2 Å². The third-order valence-electron chi connectivity index (χ3n) is 6.61. The number of morpholine rings is 1. The van der Waals surface area contributed by atoms with Crippen molar-refractivity contribution in [3.05, 3.63) is 36.0 Å². The number of aromatic nitrogens is 3. The smallest absolute Gasteiger partial charge is 0.410 e. The number of likely N-dealkylation sites (tertiary alicyclic amines) is 1. The fraction of sp³-hybridized carbons (Fsp3) is 0.571. The Hall–Kier alpha value is -3.02. The molecule has 3 atom stereocenters. The molecule has 2 aliphatic rings. The minimum Gasteiger partial charge on any atom is -0.444 e. The molecular weight excluding hydrogens is 514 g/mol. The molecule has 3 unspecified atom stereocenters. The molecule has 0 radical (unpaired) electrons. The molecule has 3 aromatic rings. The maximum absolute atomic E-state index is 12.7. The summed E-state index contributed by atoms with van der Waals surface area (Å²) in [6.45, 7) is 13.8. The van der Waals surface area contributed by atoms with Gasteiger partial charge in [0, 0.05) is 45.0 Å². The van der Waals surface area contributed by atoms with E-state index in [1.807, 2.05) is 32.9 Å². The fourth-order valence-corrected chi connectivity index (χ4v) is 6.03. The number of carbonyl (C=O) groups excluding carboxylic acids is 1. The van der Waals surface area contributed by atoms with Crippen LogP contribution in [-0.2, 0) is 16.0 Å². The number of hydrogen-bond acceptors (Lipinski definition) is 10. The summed E-state index contributed by atoms with van der Waals surface area (Å²) in [4.78, 5) is 31.8. The summed E-state index contributed by atoms with van der Waals surface area (Å²) in [7, 11) is 0. The van der Waals surface area contributed by atoms with Crippen LogP contribution < -0.4 is 10.6 Å². The summed E-state index contributed by atoms with van der Waals surface area (Å²) in [6.07, 6.45) is 3.77. The van der Waals surface area contributed by atoms with E-state index in [2.05, 4.69) is 51.5 Å². The quantitative estimate of drug-likeness (QED) is 0.423. The van der Waals surface area contributed by atoms with Crippen molar-refractivity contribution in [2.24, 2.45) is 0 Å². The highest BCUT2D eigenvalue weighted by Gasteiger charge is 2.28. The van der Waals surface area contributed by atoms with E-state index in [9.17, 15) is 4.79 Å². The monoisotopic (exact) mass is 553 g/mol. The second kappa shape index (κ2) is 11.6. The lowest BCUT2D eigenvalue weighted by molar-refractivity contribution is -0.0704. The third kappa shape index (κ3) is 7.55. The van der Waals surface area contributed by atoms with Crippen LogP contribution in [0.3, 0.4) is 0 Å². The second-order valence-corrected chi connectivity index (χ2v) is 12.6. The molecule has 0 aromatic carbocycles. The second-order valence-electron chi connectivity index (χ2n) is 11.6. The minimum absolute atomic E-state index is 0.0805. The van der Waals surface area contributed by atoms with Crippen LogP contribution in [0.15, 0.2) is 30.5 Å². The van der Waals surface area contributed by atoms with Gasteiger partial charge in [-0.1, -0.05) is 11.3 Å². The van der Waals surface area contributed by atoms with Crippen molar-refractivity contribution in [3.8, 4) is 0 Å². The number of fused-ring (bicyclic) bond motifs is 1. The maximum atomic E-state index is 12.7. The Labute approximate surface area is 234 Å². The van der Waals surface area contributed by atoms with E-state index in [-0.39, 0.29) is 24.3 Å². The first-order chi connectivity index (χ1) is 18.6. The van der Waals surface area contributed by atoms with Gasteiger partial charge < -0.3 is 25.0 Å². The van der Waals surface area contributed by atoms with E-state index >= 15 is 0 Å². The van der Waals surface area contributed by atoms with Crippen molar-refractivity contribution in [1.82, 2.24) is 24.8 Å². The van der Waals surface area contributed by atoms with Crippen molar-refractivity contribution in [2.75, 3.05) is 36.8 Å². The molecule has 0 bridgehead atoms. The van der Waals surface area contributed by atoms with Crippen LogP contribution in [0.2, 0.25) is 0 Å². The summed E-state index contributed by atoms with van der Waals surface area (Å²) in [5.41, 5.74) is 1.49. The number of pyridine rings is 2. The number of carbonyl (C=O) groups is 1. The standard InChI is InChI=1S/C28H39N7O3S/c1-18-14-34(15-19(2)37-18)16-20-12-23(30-21-8-7-11-35(17-21)27(36)38-28(3,4)5)32-24(13-20)33-26-31-22-9-6-10-29-25(22)39-26/h6,9-10,12-13,18-19,21H,7-8,11,14-17H2,1-5H3,(H2,30,31,32,33). The van der Waals surface area contributed by atoms with Gasteiger partial charge in [0.05, 0.1) is 12.2 Å². The Morgan fingerprint density at radius 2 is 1.92 bits per heavy atom. The molecule has 2 N–H and O–H groups in total. The van der Waals surface area contributed by atoms with Gasteiger partial charge >= 0.3 is 6.09 Å². The van der Waals surface area contributed by atoms with Gasteiger partial charge in [0.25, 0.3) is 0 Å². The topological polar surface area (TPSA) is 105 Å². The van der Waals surface area contributed by atoms with Crippen molar-refractivity contribution in [1.29, 1.82) is 0 Å².